The zero-order valence-electron chi connectivity index (χ0n) is 14.6. The molecule has 9 heteroatoms. The van der Waals surface area contributed by atoms with E-state index in [1.165, 1.54) is 18.4 Å². The smallest absolute Gasteiger partial charge is 0.283 e. The van der Waals surface area contributed by atoms with E-state index in [4.69, 9.17) is 20.4 Å². The first-order valence-electron chi connectivity index (χ1n) is 8.38. The van der Waals surface area contributed by atoms with E-state index in [0.717, 1.165) is 12.5 Å². The molecule has 7 nitrogen and oxygen atoms in total. The molecule has 0 saturated heterocycles. The topological polar surface area (TPSA) is 84.4 Å². The minimum atomic E-state index is -0.464. The summed E-state index contributed by atoms with van der Waals surface area (Å²) in [6.07, 6.45) is 2.36. The SMILES string of the molecule is CCCN(CC(=O)Nc1ccc(F)cc1Cl)Cc1nnc(-c2ccco2)o1. The molecule has 0 bridgehead atoms. The van der Waals surface area contributed by atoms with Crippen LogP contribution < -0.4 is 5.32 Å². The first kappa shape index (κ1) is 19.1. The van der Waals surface area contributed by atoms with Crippen LogP contribution in [0.4, 0.5) is 10.1 Å². The van der Waals surface area contributed by atoms with E-state index < -0.39 is 5.82 Å². The van der Waals surface area contributed by atoms with Gasteiger partial charge in [0.1, 0.15) is 5.82 Å². The molecule has 0 aliphatic rings. The number of rotatable bonds is 8. The predicted molar refractivity (Wildman–Crippen MR) is 97.6 cm³/mol. The Hall–Kier alpha value is -2.71. The van der Waals surface area contributed by atoms with Gasteiger partial charge in [0.2, 0.25) is 11.8 Å². The van der Waals surface area contributed by atoms with Crippen molar-refractivity contribution in [1.29, 1.82) is 0 Å². The van der Waals surface area contributed by atoms with Crippen molar-refractivity contribution in [1.82, 2.24) is 15.1 Å². The fourth-order valence-electron chi connectivity index (χ4n) is 2.52. The molecule has 3 rings (SSSR count). The number of furan rings is 1. The largest absolute Gasteiger partial charge is 0.459 e. The van der Waals surface area contributed by atoms with Crippen molar-refractivity contribution in [2.24, 2.45) is 0 Å². The third kappa shape index (κ3) is 5.15. The summed E-state index contributed by atoms with van der Waals surface area (Å²) in [5, 5.41) is 10.8. The van der Waals surface area contributed by atoms with Crippen molar-refractivity contribution in [2.75, 3.05) is 18.4 Å². The van der Waals surface area contributed by atoms with Gasteiger partial charge in [-0.3, -0.25) is 9.69 Å². The number of aromatic nitrogens is 2. The monoisotopic (exact) mass is 392 g/mol. The molecule has 0 fully saturated rings. The highest BCUT2D eigenvalue weighted by Crippen LogP contribution is 2.22. The van der Waals surface area contributed by atoms with Gasteiger partial charge in [-0.25, -0.2) is 4.39 Å². The van der Waals surface area contributed by atoms with Gasteiger partial charge in [-0.1, -0.05) is 18.5 Å². The Morgan fingerprint density at radius 3 is 2.89 bits per heavy atom. The van der Waals surface area contributed by atoms with E-state index in [-0.39, 0.29) is 23.4 Å². The summed E-state index contributed by atoms with van der Waals surface area (Å²) in [5.74, 6) is 0.410. The quantitative estimate of drug-likeness (QED) is 0.624. The van der Waals surface area contributed by atoms with Crippen LogP contribution in [-0.4, -0.2) is 34.1 Å². The maximum absolute atomic E-state index is 13.1. The zero-order chi connectivity index (χ0) is 19.2. The molecule has 2 heterocycles. The van der Waals surface area contributed by atoms with Crippen LogP contribution in [0.25, 0.3) is 11.7 Å². The van der Waals surface area contributed by atoms with Gasteiger partial charge in [0.05, 0.1) is 30.1 Å². The van der Waals surface area contributed by atoms with Crippen LogP contribution in [0, 0.1) is 5.82 Å². The van der Waals surface area contributed by atoms with Crippen molar-refractivity contribution in [2.45, 2.75) is 19.9 Å². The van der Waals surface area contributed by atoms with E-state index >= 15 is 0 Å². The van der Waals surface area contributed by atoms with Crippen molar-refractivity contribution < 1.29 is 18.0 Å². The summed E-state index contributed by atoms with van der Waals surface area (Å²) < 4.78 is 23.9. The standard InChI is InChI=1S/C18H18ClFN4O3/c1-2-7-24(10-16(25)21-14-6-5-12(20)9-13(14)19)11-17-22-23-18(27-17)15-4-3-8-26-15/h3-6,8-9H,2,7,10-11H2,1H3,(H,21,25). The summed E-state index contributed by atoms with van der Waals surface area (Å²) >= 11 is 5.94. The average molecular weight is 393 g/mol. The first-order chi connectivity index (χ1) is 13.0. The molecule has 0 unspecified atom stereocenters. The molecule has 142 valence electrons. The number of amides is 1. The molecule has 0 aliphatic heterocycles. The minimum absolute atomic E-state index is 0.0972. The third-order valence-electron chi connectivity index (χ3n) is 3.67. The number of anilines is 1. The Labute approximate surface area is 160 Å². The highest BCUT2D eigenvalue weighted by Gasteiger charge is 2.17. The van der Waals surface area contributed by atoms with Crippen LogP contribution in [0.2, 0.25) is 5.02 Å². The van der Waals surface area contributed by atoms with Gasteiger partial charge in [-0.15, -0.1) is 10.2 Å². The molecule has 2 aromatic heterocycles. The molecule has 1 amide bonds. The summed E-state index contributed by atoms with van der Waals surface area (Å²) in [5.41, 5.74) is 0.359. The maximum atomic E-state index is 13.1. The van der Waals surface area contributed by atoms with Crippen LogP contribution in [0.3, 0.4) is 0 Å². The highest BCUT2D eigenvalue weighted by atomic mass is 35.5. The van der Waals surface area contributed by atoms with Crippen LogP contribution in [-0.2, 0) is 11.3 Å². The molecule has 3 aromatic rings. The van der Waals surface area contributed by atoms with Crippen LogP contribution >= 0.6 is 11.6 Å². The lowest BCUT2D eigenvalue weighted by Crippen LogP contribution is -2.33. The molecule has 0 atom stereocenters. The first-order valence-corrected chi connectivity index (χ1v) is 8.76. The predicted octanol–water partition coefficient (Wildman–Crippen LogP) is 3.97. The summed E-state index contributed by atoms with van der Waals surface area (Å²) in [4.78, 5) is 14.2. The van der Waals surface area contributed by atoms with E-state index in [1.807, 2.05) is 11.8 Å². The molecule has 1 N–H and O–H groups in total. The van der Waals surface area contributed by atoms with Gasteiger partial charge in [0.25, 0.3) is 5.89 Å². The Balaban J connectivity index is 1.62. The molecule has 27 heavy (non-hydrogen) atoms. The van der Waals surface area contributed by atoms with E-state index in [0.29, 0.717) is 30.4 Å². The number of nitrogens with one attached hydrogen (secondary N) is 1. The Morgan fingerprint density at radius 1 is 1.33 bits per heavy atom. The molecule has 0 radical (unpaired) electrons. The molecule has 1 aromatic carbocycles. The number of hydrogen-bond donors (Lipinski definition) is 1. The maximum Gasteiger partial charge on any atom is 0.283 e. The minimum Gasteiger partial charge on any atom is -0.459 e. The number of carbonyl (C=O) groups is 1. The second-order valence-electron chi connectivity index (χ2n) is 5.86. The summed E-state index contributed by atoms with van der Waals surface area (Å²) in [6.45, 7) is 3.07. The molecule has 0 aliphatic carbocycles. The number of hydrogen-bond acceptors (Lipinski definition) is 6. The Morgan fingerprint density at radius 2 is 2.19 bits per heavy atom. The van der Waals surface area contributed by atoms with Crippen molar-refractivity contribution in [3.63, 3.8) is 0 Å². The van der Waals surface area contributed by atoms with Crippen molar-refractivity contribution in [3.05, 3.63) is 53.3 Å². The molecular weight excluding hydrogens is 375 g/mol. The van der Waals surface area contributed by atoms with Crippen LogP contribution in [0.5, 0.6) is 0 Å². The number of carbonyl (C=O) groups excluding carboxylic acids is 1. The van der Waals surface area contributed by atoms with Crippen LogP contribution in [0.1, 0.15) is 19.2 Å². The third-order valence-corrected chi connectivity index (χ3v) is 3.98. The number of benzene rings is 1. The van der Waals surface area contributed by atoms with Gasteiger partial charge in [0, 0.05) is 0 Å². The number of nitrogens with zero attached hydrogens (tertiary/aromatic N) is 3. The Bertz CT molecular complexity index is 898. The molecular formula is C18H18ClFN4O3. The normalized spacial score (nSPS) is 11.1. The second-order valence-corrected chi connectivity index (χ2v) is 6.27. The lowest BCUT2D eigenvalue weighted by molar-refractivity contribution is -0.117. The highest BCUT2D eigenvalue weighted by molar-refractivity contribution is 6.33. The van der Waals surface area contributed by atoms with E-state index in [9.17, 15) is 9.18 Å². The van der Waals surface area contributed by atoms with Gasteiger partial charge < -0.3 is 14.2 Å². The van der Waals surface area contributed by atoms with Crippen molar-refractivity contribution in [3.8, 4) is 11.7 Å². The van der Waals surface area contributed by atoms with Crippen LogP contribution in [0.15, 0.2) is 45.4 Å². The second kappa shape index (κ2) is 8.79. The lowest BCUT2D eigenvalue weighted by Gasteiger charge is -2.19. The van der Waals surface area contributed by atoms with Gasteiger partial charge in [-0.2, -0.15) is 0 Å². The summed E-state index contributed by atoms with van der Waals surface area (Å²) in [7, 11) is 0. The lowest BCUT2D eigenvalue weighted by atomic mass is 10.3. The van der Waals surface area contributed by atoms with Gasteiger partial charge in [0.15, 0.2) is 5.76 Å². The fraction of sp³-hybridized carbons (Fsp3) is 0.278. The van der Waals surface area contributed by atoms with Crippen molar-refractivity contribution >= 4 is 23.2 Å². The molecule has 0 saturated carbocycles. The number of halogens is 2. The Kier molecular flexibility index (Phi) is 6.20. The van der Waals surface area contributed by atoms with E-state index in [2.05, 4.69) is 15.5 Å². The average Bonchev–Trinajstić information content (AvgIpc) is 3.29. The summed E-state index contributed by atoms with van der Waals surface area (Å²) in [6, 6.07) is 7.26. The fourth-order valence-corrected chi connectivity index (χ4v) is 2.74. The van der Waals surface area contributed by atoms with Gasteiger partial charge >= 0.3 is 0 Å². The molecule has 0 spiro atoms. The van der Waals surface area contributed by atoms with E-state index in [1.54, 1.807) is 12.1 Å². The van der Waals surface area contributed by atoms with Gasteiger partial charge in [-0.05, 0) is 43.3 Å². The zero-order valence-corrected chi connectivity index (χ0v) is 15.4.